The van der Waals surface area contributed by atoms with E-state index >= 15 is 0 Å². The zero-order valence-electron chi connectivity index (χ0n) is 9.83. The van der Waals surface area contributed by atoms with Crippen molar-refractivity contribution in [3.05, 3.63) is 36.1 Å². The lowest BCUT2D eigenvalue weighted by molar-refractivity contribution is 0.0424. The minimum absolute atomic E-state index is 0.377. The van der Waals surface area contributed by atoms with Crippen LogP contribution in [0.1, 0.15) is 12.8 Å². The fourth-order valence-corrected chi connectivity index (χ4v) is 1.96. The summed E-state index contributed by atoms with van der Waals surface area (Å²) in [6, 6.07) is 0. The summed E-state index contributed by atoms with van der Waals surface area (Å²) in [5.41, 5.74) is 7.11. The van der Waals surface area contributed by atoms with Gasteiger partial charge in [0.1, 0.15) is 7.85 Å². The van der Waals surface area contributed by atoms with Gasteiger partial charge in [0.2, 0.25) is 6.43 Å². The van der Waals surface area contributed by atoms with Gasteiger partial charge in [0.05, 0.1) is 5.70 Å². The first-order chi connectivity index (χ1) is 7.91. The first-order valence-electron chi connectivity index (χ1n) is 5.55. The van der Waals surface area contributed by atoms with Gasteiger partial charge >= 0.3 is 0 Å². The standard InChI is InChI=1S/C12H17BF2N2/c1-8(13)7-11(9(2)16)17-5-3-10(4-6-17)12(14)15/h7,10,12H,1-6,16H2/b11-7+. The summed E-state index contributed by atoms with van der Waals surface area (Å²) >= 11 is 0. The number of hydrogen-bond acceptors (Lipinski definition) is 2. The Morgan fingerprint density at radius 1 is 1.35 bits per heavy atom. The summed E-state index contributed by atoms with van der Waals surface area (Å²) in [7, 11) is 5.50. The molecule has 0 aliphatic carbocycles. The highest BCUT2D eigenvalue weighted by atomic mass is 19.3. The van der Waals surface area contributed by atoms with Crippen molar-refractivity contribution in [1.29, 1.82) is 0 Å². The second-order valence-corrected chi connectivity index (χ2v) is 4.29. The number of nitrogens with zero attached hydrogens (tertiary/aromatic N) is 1. The van der Waals surface area contributed by atoms with Crippen LogP contribution in [0, 0.1) is 5.92 Å². The third kappa shape index (κ3) is 3.91. The van der Waals surface area contributed by atoms with Crippen LogP contribution in [-0.4, -0.2) is 32.3 Å². The van der Waals surface area contributed by atoms with Gasteiger partial charge in [-0.2, -0.15) is 0 Å². The minimum Gasteiger partial charge on any atom is -0.398 e. The van der Waals surface area contributed by atoms with Crippen molar-refractivity contribution in [2.24, 2.45) is 11.7 Å². The maximum atomic E-state index is 12.5. The number of rotatable bonds is 4. The number of halogens is 2. The summed E-state index contributed by atoms with van der Waals surface area (Å²) in [5.74, 6) is -0.514. The van der Waals surface area contributed by atoms with Crippen LogP contribution in [0.25, 0.3) is 0 Å². The van der Waals surface area contributed by atoms with Gasteiger partial charge in [0.25, 0.3) is 0 Å². The van der Waals surface area contributed by atoms with Crippen LogP contribution in [0.4, 0.5) is 8.78 Å². The number of hydrogen-bond donors (Lipinski definition) is 1. The summed E-state index contributed by atoms with van der Waals surface area (Å²) in [5, 5.41) is 0. The second-order valence-electron chi connectivity index (χ2n) is 4.29. The van der Waals surface area contributed by atoms with E-state index in [4.69, 9.17) is 13.6 Å². The van der Waals surface area contributed by atoms with E-state index in [0.29, 0.717) is 42.8 Å². The van der Waals surface area contributed by atoms with Crippen molar-refractivity contribution in [3.63, 3.8) is 0 Å². The highest BCUT2D eigenvalue weighted by molar-refractivity contribution is 6.23. The molecule has 92 valence electrons. The Labute approximate surface area is 102 Å². The second kappa shape index (κ2) is 5.89. The van der Waals surface area contributed by atoms with Crippen LogP contribution in [0.3, 0.4) is 0 Å². The number of nitrogens with two attached hydrogens (primary N) is 1. The van der Waals surface area contributed by atoms with Crippen molar-refractivity contribution in [3.8, 4) is 0 Å². The van der Waals surface area contributed by atoms with Crippen LogP contribution in [0.2, 0.25) is 0 Å². The molecule has 2 N–H and O–H groups in total. The van der Waals surface area contributed by atoms with E-state index in [-0.39, 0.29) is 0 Å². The smallest absolute Gasteiger partial charge is 0.241 e. The van der Waals surface area contributed by atoms with Crippen molar-refractivity contribution < 1.29 is 8.78 Å². The van der Waals surface area contributed by atoms with Crippen LogP contribution in [-0.2, 0) is 0 Å². The van der Waals surface area contributed by atoms with Gasteiger partial charge in [-0.25, -0.2) is 8.78 Å². The van der Waals surface area contributed by atoms with E-state index in [1.54, 1.807) is 6.08 Å². The predicted molar refractivity (Wildman–Crippen MR) is 66.6 cm³/mol. The molecule has 0 aromatic carbocycles. The number of piperidine rings is 1. The SMILES string of the molecule is [B]C(=C)/C=C(\C(=C)N)N1CCC(C(F)F)CC1. The average molecular weight is 238 g/mol. The molecule has 1 aliphatic rings. The molecule has 2 nitrogen and oxygen atoms in total. The van der Waals surface area contributed by atoms with Gasteiger partial charge in [0, 0.05) is 24.7 Å². The highest BCUT2D eigenvalue weighted by Gasteiger charge is 2.27. The number of allylic oxidation sites excluding steroid dienone is 2. The predicted octanol–water partition coefficient (Wildman–Crippen LogP) is 2.00. The zero-order valence-corrected chi connectivity index (χ0v) is 9.83. The molecule has 1 saturated heterocycles. The topological polar surface area (TPSA) is 29.3 Å². The van der Waals surface area contributed by atoms with Crippen LogP contribution in [0.15, 0.2) is 36.1 Å². The monoisotopic (exact) mass is 238 g/mol. The Hall–Kier alpha value is -1.26. The molecule has 1 fully saturated rings. The molecule has 0 bridgehead atoms. The number of likely N-dealkylation sites (tertiary alicyclic amines) is 1. The lowest BCUT2D eigenvalue weighted by Crippen LogP contribution is -2.36. The van der Waals surface area contributed by atoms with E-state index in [1.807, 2.05) is 4.90 Å². The summed E-state index contributed by atoms with van der Waals surface area (Å²) in [6.07, 6.45) is 0.305. The van der Waals surface area contributed by atoms with Gasteiger partial charge in [-0.1, -0.05) is 6.58 Å². The van der Waals surface area contributed by atoms with Gasteiger partial charge in [-0.05, 0) is 18.9 Å². The largest absolute Gasteiger partial charge is 0.398 e. The zero-order chi connectivity index (χ0) is 13.0. The molecule has 0 saturated carbocycles. The molecular weight excluding hydrogens is 221 g/mol. The fraction of sp³-hybridized carbons (Fsp3) is 0.500. The average Bonchev–Trinajstić information content (AvgIpc) is 2.25. The first kappa shape index (κ1) is 13.8. The quantitative estimate of drug-likeness (QED) is 0.599. The van der Waals surface area contributed by atoms with Crippen LogP contribution >= 0.6 is 0 Å². The molecule has 2 radical (unpaired) electrons. The highest BCUT2D eigenvalue weighted by Crippen LogP contribution is 2.26. The molecule has 0 spiro atoms. The molecule has 0 atom stereocenters. The van der Waals surface area contributed by atoms with Gasteiger partial charge < -0.3 is 10.6 Å². The third-order valence-electron chi connectivity index (χ3n) is 2.89. The van der Waals surface area contributed by atoms with Gasteiger partial charge in [-0.15, -0.1) is 12.1 Å². The van der Waals surface area contributed by atoms with Crippen LogP contribution < -0.4 is 5.73 Å². The molecule has 5 heteroatoms. The Bertz CT molecular complexity index is 331. The third-order valence-corrected chi connectivity index (χ3v) is 2.89. The Balaban J connectivity index is 2.68. The molecule has 17 heavy (non-hydrogen) atoms. The lowest BCUT2D eigenvalue weighted by atomic mass is 9.94. The molecule has 1 rings (SSSR count). The van der Waals surface area contributed by atoms with E-state index < -0.39 is 12.3 Å². The molecular formula is C12H17BF2N2. The van der Waals surface area contributed by atoms with Crippen LogP contribution in [0.5, 0.6) is 0 Å². The molecule has 0 aromatic rings. The molecule has 1 aliphatic heterocycles. The summed E-state index contributed by atoms with van der Waals surface area (Å²) < 4.78 is 25.0. The summed E-state index contributed by atoms with van der Waals surface area (Å²) in [6.45, 7) is 8.33. The van der Waals surface area contributed by atoms with E-state index in [9.17, 15) is 8.78 Å². The molecule has 0 aromatic heterocycles. The fourth-order valence-electron chi connectivity index (χ4n) is 1.96. The van der Waals surface area contributed by atoms with E-state index in [2.05, 4.69) is 13.2 Å². The lowest BCUT2D eigenvalue weighted by Gasteiger charge is -2.35. The Kier molecular flexibility index (Phi) is 4.79. The Morgan fingerprint density at radius 2 is 1.88 bits per heavy atom. The normalized spacial score (nSPS) is 18.5. The maximum absolute atomic E-state index is 12.5. The van der Waals surface area contributed by atoms with Gasteiger partial charge in [-0.3, -0.25) is 0 Å². The van der Waals surface area contributed by atoms with Crippen molar-refractivity contribution in [2.75, 3.05) is 13.1 Å². The van der Waals surface area contributed by atoms with Crippen molar-refractivity contribution >= 4 is 7.85 Å². The van der Waals surface area contributed by atoms with Crippen molar-refractivity contribution in [2.45, 2.75) is 19.3 Å². The number of alkyl halides is 2. The first-order valence-corrected chi connectivity index (χ1v) is 5.55. The summed E-state index contributed by atoms with van der Waals surface area (Å²) in [4.78, 5) is 1.93. The van der Waals surface area contributed by atoms with Gasteiger partial charge in [0.15, 0.2) is 0 Å². The maximum Gasteiger partial charge on any atom is 0.241 e. The molecule has 1 heterocycles. The van der Waals surface area contributed by atoms with E-state index in [0.717, 1.165) is 0 Å². The van der Waals surface area contributed by atoms with Crippen molar-refractivity contribution in [1.82, 2.24) is 4.90 Å². The minimum atomic E-state index is -2.24. The molecule has 0 amide bonds. The van der Waals surface area contributed by atoms with E-state index in [1.165, 1.54) is 0 Å². The molecule has 0 unspecified atom stereocenters. The Morgan fingerprint density at radius 3 is 2.24 bits per heavy atom.